The Kier molecular flexibility index (Phi) is 4.37. The first kappa shape index (κ1) is 13.4. The summed E-state index contributed by atoms with van der Waals surface area (Å²) in [6, 6.07) is 4.77. The predicted octanol–water partition coefficient (Wildman–Crippen LogP) is 0.262. The van der Waals surface area contributed by atoms with E-state index in [1.54, 1.807) is 24.5 Å². The topological polar surface area (TPSA) is 96.9 Å². The van der Waals surface area contributed by atoms with Crippen LogP contribution < -0.4 is 10.0 Å². The molecular weight excluding hydrogens is 266 g/mol. The van der Waals surface area contributed by atoms with Gasteiger partial charge in [0.1, 0.15) is 4.90 Å². The minimum absolute atomic E-state index is 0.144. The van der Waals surface area contributed by atoms with Gasteiger partial charge in [0, 0.05) is 37.9 Å². The van der Waals surface area contributed by atoms with Crippen LogP contribution in [-0.2, 0) is 10.0 Å². The van der Waals surface area contributed by atoms with Crippen LogP contribution in [0.4, 0.5) is 5.95 Å². The van der Waals surface area contributed by atoms with Crippen molar-refractivity contribution in [3.05, 3.63) is 43.0 Å². The zero-order chi connectivity index (χ0) is 13.6. The van der Waals surface area contributed by atoms with E-state index >= 15 is 0 Å². The minimum atomic E-state index is -3.51. The quantitative estimate of drug-likeness (QED) is 0.736. The van der Waals surface area contributed by atoms with Gasteiger partial charge in [0.25, 0.3) is 0 Å². The number of nitrogens with one attached hydrogen (secondary N) is 2. The van der Waals surface area contributed by atoms with Crippen molar-refractivity contribution in [3.8, 4) is 0 Å². The molecule has 8 heteroatoms. The Morgan fingerprint density at radius 2 is 1.84 bits per heavy atom. The number of rotatable bonds is 6. The molecule has 0 fully saturated rings. The van der Waals surface area contributed by atoms with Gasteiger partial charge in [0.05, 0.1) is 0 Å². The van der Waals surface area contributed by atoms with Gasteiger partial charge in [-0.2, -0.15) is 0 Å². The Morgan fingerprint density at radius 3 is 2.53 bits per heavy atom. The van der Waals surface area contributed by atoms with Crippen molar-refractivity contribution in [2.75, 3.05) is 18.4 Å². The molecule has 0 radical (unpaired) electrons. The average molecular weight is 279 g/mol. The molecule has 0 aliphatic rings. The fourth-order valence-corrected chi connectivity index (χ4v) is 2.33. The van der Waals surface area contributed by atoms with E-state index in [-0.39, 0.29) is 11.4 Å². The van der Waals surface area contributed by atoms with E-state index in [2.05, 4.69) is 25.0 Å². The Morgan fingerprint density at radius 1 is 1.05 bits per heavy atom. The van der Waals surface area contributed by atoms with Gasteiger partial charge in [-0.05, 0) is 18.2 Å². The second-order valence-corrected chi connectivity index (χ2v) is 5.35. The number of hydrogen-bond acceptors (Lipinski definition) is 6. The maximum Gasteiger partial charge on any atom is 0.242 e. The van der Waals surface area contributed by atoms with E-state index in [1.807, 2.05) is 0 Å². The SMILES string of the molecule is O=S(=O)(NCCNc1ncccn1)c1cccnc1. The molecule has 0 aromatic carbocycles. The van der Waals surface area contributed by atoms with Gasteiger partial charge in [0.15, 0.2) is 0 Å². The summed E-state index contributed by atoms with van der Waals surface area (Å²) in [5, 5.41) is 2.90. The molecule has 0 atom stereocenters. The van der Waals surface area contributed by atoms with Gasteiger partial charge in [-0.1, -0.05) is 0 Å². The van der Waals surface area contributed by atoms with E-state index < -0.39 is 10.0 Å². The van der Waals surface area contributed by atoms with E-state index in [9.17, 15) is 8.42 Å². The molecule has 0 amide bonds. The fourth-order valence-electron chi connectivity index (χ4n) is 1.34. The first-order valence-corrected chi connectivity index (χ1v) is 7.07. The van der Waals surface area contributed by atoms with Gasteiger partial charge in [-0.3, -0.25) is 4.98 Å². The highest BCUT2D eigenvalue weighted by molar-refractivity contribution is 7.89. The minimum Gasteiger partial charge on any atom is -0.353 e. The zero-order valence-electron chi connectivity index (χ0n) is 10.0. The van der Waals surface area contributed by atoms with E-state index in [0.29, 0.717) is 12.5 Å². The first-order valence-electron chi connectivity index (χ1n) is 5.59. The van der Waals surface area contributed by atoms with Crippen LogP contribution in [0, 0.1) is 0 Å². The van der Waals surface area contributed by atoms with E-state index in [4.69, 9.17) is 0 Å². The summed E-state index contributed by atoms with van der Waals surface area (Å²) >= 11 is 0. The molecule has 2 rings (SSSR count). The molecule has 19 heavy (non-hydrogen) atoms. The highest BCUT2D eigenvalue weighted by Crippen LogP contribution is 2.04. The summed E-state index contributed by atoms with van der Waals surface area (Å²) in [7, 11) is -3.51. The third-order valence-electron chi connectivity index (χ3n) is 2.21. The maximum absolute atomic E-state index is 11.8. The molecule has 2 aromatic heterocycles. The highest BCUT2D eigenvalue weighted by atomic mass is 32.2. The number of pyridine rings is 1. The van der Waals surface area contributed by atoms with Crippen molar-refractivity contribution in [3.63, 3.8) is 0 Å². The highest BCUT2D eigenvalue weighted by Gasteiger charge is 2.12. The number of nitrogens with zero attached hydrogens (tertiary/aromatic N) is 3. The first-order chi connectivity index (χ1) is 9.18. The third kappa shape index (κ3) is 3.97. The molecule has 0 saturated heterocycles. The van der Waals surface area contributed by atoms with Crippen molar-refractivity contribution < 1.29 is 8.42 Å². The molecule has 7 nitrogen and oxygen atoms in total. The van der Waals surface area contributed by atoms with Crippen molar-refractivity contribution in [2.24, 2.45) is 0 Å². The lowest BCUT2D eigenvalue weighted by Gasteiger charge is -2.07. The molecule has 0 aliphatic heterocycles. The van der Waals surface area contributed by atoms with Crippen LogP contribution in [0.2, 0.25) is 0 Å². The summed E-state index contributed by atoms with van der Waals surface area (Å²) in [6.07, 6.45) is 6.04. The lowest BCUT2D eigenvalue weighted by Crippen LogP contribution is -2.29. The fraction of sp³-hybridized carbons (Fsp3) is 0.182. The summed E-state index contributed by atoms with van der Waals surface area (Å²) in [4.78, 5) is 11.8. The predicted molar refractivity (Wildman–Crippen MR) is 69.9 cm³/mol. The molecule has 0 bridgehead atoms. The van der Waals surface area contributed by atoms with Crippen LogP contribution in [0.15, 0.2) is 47.9 Å². The monoisotopic (exact) mass is 279 g/mol. The van der Waals surface area contributed by atoms with Gasteiger partial charge in [-0.15, -0.1) is 0 Å². The summed E-state index contributed by atoms with van der Waals surface area (Å²) < 4.78 is 26.1. The number of anilines is 1. The Hall–Kier alpha value is -2.06. The van der Waals surface area contributed by atoms with Crippen LogP contribution in [0.5, 0.6) is 0 Å². The zero-order valence-corrected chi connectivity index (χ0v) is 10.8. The van der Waals surface area contributed by atoms with E-state index in [1.165, 1.54) is 18.5 Å². The maximum atomic E-state index is 11.8. The molecule has 0 unspecified atom stereocenters. The molecular formula is C11H13N5O2S. The van der Waals surface area contributed by atoms with Crippen LogP contribution in [-0.4, -0.2) is 36.5 Å². The normalized spacial score (nSPS) is 11.2. The number of aromatic nitrogens is 3. The van der Waals surface area contributed by atoms with Gasteiger partial charge in [-0.25, -0.2) is 23.1 Å². The average Bonchev–Trinajstić information content (AvgIpc) is 2.46. The van der Waals surface area contributed by atoms with Crippen LogP contribution in [0.1, 0.15) is 0 Å². The molecule has 2 aromatic rings. The van der Waals surface area contributed by atoms with Crippen molar-refractivity contribution in [1.82, 2.24) is 19.7 Å². The van der Waals surface area contributed by atoms with Crippen molar-refractivity contribution in [1.29, 1.82) is 0 Å². The Bertz CT molecular complexity index is 603. The van der Waals surface area contributed by atoms with Gasteiger partial charge < -0.3 is 5.32 Å². The molecule has 100 valence electrons. The molecule has 0 aliphatic carbocycles. The molecule has 2 N–H and O–H groups in total. The van der Waals surface area contributed by atoms with E-state index in [0.717, 1.165) is 0 Å². The second kappa shape index (κ2) is 6.21. The third-order valence-corrected chi connectivity index (χ3v) is 3.66. The van der Waals surface area contributed by atoms with Gasteiger partial charge >= 0.3 is 0 Å². The molecule has 0 saturated carbocycles. The van der Waals surface area contributed by atoms with Crippen LogP contribution in [0.3, 0.4) is 0 Å². The molecule has 2 heterocycles. The van der Waals surface area contributed by atoms with Crippen molar-refractivity contribution in [2.45, 2.75) is 4.90 Å². The van der Waals surface area contributed by atoms with Crippen molar-refractivity contribution >= 4 is 16.0 Å². The number of hydrogen-bond donors (Lipinski definition) is 2. The summed E-state index contributed by atoms with van der Waals surface area (Å²) in [5.41, 5.74) is 0. The standard InChI is InChI=1S/C11H13N5O2S/c17-19(18,10-3-1-4-12-9-10)16-8-7-15-11-13-5-2-6-14-11/h1-6,9,16H,7-8H2,(H,13,14,15). The summed E-state index contributed by atoms with van der Waals surface area (Å²) in [5.74, 6) is 0.461. The Labute approximate surface area is 111 Å². The molecule has 0 spiro atoms. The largest absolute Gasteiger partial charge is 0.353 e. The smallest absolute Gasteiger partial charge is 0.242 e. The lowest BCUT2D eigenvalue weighted by atomic mass is 10.5. The summed E-state index contributed by atoms with van der Waals surface area (Å²) in [6.45, 7) is 0.624. The van der Waals surface area contributed by atoms with Gasteiger partial charge in [0.2, 0.25) is 16.0 Å². The lowest BCUT2D eigenvalue weighted by molar-refractivity contribution is 0.582. The van der Waals surface area contributed by atoms with Crippen LogP contribution >= 0.6 is 0 Å². The second-order valence-electron chi connectivity index (χ2n) is 3.59. The Balaban J connectivity index is 1.83. The number of sulfonamides is 1. The van der Waals surface area contributed by atoms with Crippen LogP contribution in [0.25, 0.3) is 0 Å².